The largest absolute Gasteiger partial charge is 0.465 e. The molecule has 0 aliphatic carbocycles. The van der Waals surface area contributed by atoms with Gasteiger partial charge in [0.2, 0.25) is 0 Å². The number of carbonyl (C=O) groups excluding carboxylic acids is 1. The lowest BCUT2D eigenvalue weighted by Gasteiger charge is -2.15. The van der Waals surface area contributed by atoms with Crippen LogP contribution < -0.4 is 0 Å². The van der Waals surface area contributed by atoms with E-state index in [-0.39, 0.29) is 5.97 Å². The van der Waals surface area contributed by atoms with E-state index in [1.165, 1.54) is 116 Å². The van der Waals surface area contributed by atoms with Crippen molar-refractivity contribution in [3.05, 3.63) is 12.2 Å². The van der Waals surface area contributed by atoms with Gasteiger partial charge in [-0.25, -0.2) is 0 Å². The second-order valence-electron chi connectivity index (χ2n) is 9.85. The Kier molecular flexibility index (Phi) is 25.8. The first-order chi connectivity index (χ1) is 15.7. The molecule has 0 heterocycles. The average Bonchev–Trinajstić information content (AvgIpc) is 2.80. The fourth-order valence-corrected chi connectivity index (χ4v) is 4.24. The molecule has 0 fully saturated rings. The Labute approximate surface area is 202 Å². The predicted molar refractivity (Wildman–Crippen MR) is 142 cm³/mol. The van der Waals surface area contributed by atoms with Gasteiger partial charge in [-0.3, -0.25) is 4.79 Å². The molecular formula is C30H58O2. The van der Waals surface area contributed by atoms with Crippen molar-refractivity contribution in [3.8, 4) is 0 Å². The minimum Gasteiger partial charge on any atom is -0.465 e. The molecule has 2 nitrogen and oxygen atoms in total. The first-order valence-electron chi connectivity index (χ1n) is 14.5. The molecule has 0 aliphatic rings. The highest BCUT2D eigenvalue weighted by molar-refractivity contribution is 5.69. The molecule has 0 saturated heterocycles. The SMILES string of the molecule is CCCCCCCCC=CCCCCCCCC(=O)OCC(CC)CCCCCCCC. The lowest BCUT2D eigenvalue weighted by molar-refractivity contribution is -0.145. The summed E-state index contributed by atoms with van der Waals surface area (Å²) in [5.41, 5.74) is 0. The molecule has 0 radical (unpaired) electrons. The summed E-state index contributed by atoms with van der Waals surface area (Å²) < 4.78 is 5.56. The molecule has 0 aliphatic heterocycles. The van der Waals surface area contributed by atoms with E-state index in [9.17, 15) is 4.79 Å². The van der Waals surface area contributed by atoms with Gasteiger partial charge in [-0.15, -0.1) is 0 Å². The van der Waals surface area contributed by atoms with Crippen LogP contribution in [0.5, 0.6) is 0 Å². The Bertz CT molecular complexity index is 402. The molecule has 32 heavy (non-hydrogen) atoms. The number of hydrogen-bond acceptors (Lipinski definition) is 2. The summed E-state index contributed by atoms with van der Waals surface area (Å²) in [4.78, 5) is 12.0. The number of carbonyl (C=O) groups is 1. The highest BCUT2D eigenvalue weighted by Crippen LogP contribution is 2.16. The molecule has 0 bridgehead atoms. The average molecular weight is 451 g/mol. The quantitative estimate of drug-likeness (QED) is 0.0785. The highest BCUT2D eigenvalue weighted by Gasteiger charge is 2.10. The minimum atomic E-state index is 0.0176. The lowest BCUT2D eigenvalue weighted by Crippen LogP contribution is -2.13. The number of hydrogen-bond donors (Lipinski definition) is 0. The van der Waals surface area contributed by atoms with Gasteiger partial charge in [0.25, 0.3) is 0 Å². The van der Waals surface area contributed by atoms with Crippen molar-refractivity contribution in [2.45, 2.75) is 162 Å². The third kappa shape index (κ3) is 23.9. The Hall–Kier alpha value is -0.790. The van der Waals surface area contributed by atoms with Gasteiger partial charge in [0, 0.05) is 6.42 Å². The molecule has 0 N–H and O–H groups in total. The molecule has 0 saturated carbocycles. The molecule has 0 rings (SSSR count). The summed E-state index contributed by atoms with van der Waals surface area (Å²) in [7, 11) is 0. The molecule has 0 aromatic rings. The first kappa shape index (κ1) is 31.2. The van der Waals surface area contributed by atoms with Gasteiger partial charge >= 0.3 is 5.97 Å². The zero-order valence-electron chi connectivity index (χ0n) is 22.3. The maximum Gasteiger partial charge on any atom is 0.305 e. The van der Waals surface area contributed by atoms with Crippen molar-refractivity contribution in [1.29, 1.82) is 0 Å². The van der Waals surface area contributed by atoms with Crippen LogP contribution >= 0.6 is 0 Å². The monoisotopic (exact) mass is 450 g/mol. The van der Waals surface area contributed by atoms with Crippen LogP contribution in [0.1, 0.15) is 162 Å². The maximum atomic E-state index is 12.0. The van der Waals surface area contributed by atoms with Gasteiger partial charge in [0.1, 0.15) is 0 Å². The summed E-state index contributed by atoms with van der Waals surface area (Å²) in [6.07, 6.45) is 32.5. The molecule has 0 aromatic carbocycles. The number of ether oxygens (including phenoxy) is 1. The Morgan fingerprint density at radius 2 is 1.09 bits per heavy atom. The Morgan fingerprint density at radius 1 is 0.625 bits per heavy atom. The van der Waals surface area contributed by atoms with Gasteiger partial charge in [-0.2, -0.15) is 0 Å². The van der Waals surface area contributed by atoms with Crippen molar-refractivity contribution in [3.63, 3.8) is 0 Å². The van der Waals surface area contributed by atoms with Gasteiger partial charge in [-0.1, -0.05) is 129 Å². The molecule has 0 aromatic heterocycles. The molecule has 1 atom stereocenters. The number of unbranched alkanes of at least 4 members (excludes halogenated alkanes) is 16. The molecule has 1 unspecified atom stereocenters. The maximum absolute atomic E-state index is 12.0. The summed E-state index contributed by atoms with van der Waals surface area (Å²) in [6, 6.07) is 0. The lowest BCUT2D eigenvalue weighted by atomic mass is 9.98. The van der Waals surface area contributed by atoms with Crippen LogP contribution in [0, 0.1) is 5.92 Å². The van der Waals surface area contributed by atoms with Gasteiger partial charge in [0.05, 0.1) is 6.61 Å². The number of esters is 1. The van der Waals surface area contributed by atoms with Crippen LogP contribution in [0.4, 0.5) is 0 Å². The van der Waals surface area contributed by atoms with Crippen molar-refractivity contribution >= 4 is 5.97 Å². The van der Waals surface area contributed by atoms with Crippen LogP contribution in [0.2, 0.25) is 0 Å². The topological polar surface area (TPSA) is 26.3 Å². The minimum absolute atomic E-state index is 0.0176. The van der Waals surface area contributed by atoms with Gasteiger partial charge < -0.3 is 4.74 Å². The Balaban J connectivity index is 3.43. The van der Waals surface area contributed by atoms with E-state index in [2.05, 4.69) is 32.9 Å². The fourth-order valence-electron chi connectivity index (χ4n) is 4.24. The normalized spacial score (nSPS) is 12.5. The fraction of sp³-hybridized carbons (Fsp3) is 0.900. The van der Waals surface area contributed by atoms with Crippen molar-refractivity contribution < 1.29 is 9.53 Å². The predicted octanol–water partition coefficient (Wildman–Crippen LogP) is 10.3. The molecular weight excluding hydrogens is 392 g/mol. The Morgan fingerprint density at radius 3 is 1.62 bits per heavy atom. The van der Waals surface area contributed by atoms with Crippen LogP contribution in [0.3, 0.4) is 0 Å². The zero-order valence-corrected chi connectivity index (χ0v) is 22.3. The van der Waals surface area contributed by atoms with Crippen LogP contribution in [-0.2, 0) is 9.53 Å². The van der Waals surface area contributed by atoms with Crippen molar-refractivity contribution in [1.82, 2.24) is 0 Å². The molecule has 0 spiro atoms. The van der Waals surface area contributed by atoms with E-state index in [0.717, 1.165) is 19.3 Å². The molecule has 2 heteroatoms. The molecule has 190 valence electrons. The van der Waals surface area contributed by atoms with Gasteiger partial charge in [-0.05, 0) is 44.4 Å². The summed E-state index contributed by atoms with van der Waals surface area (Å²) >= 11 is 0. The first-order valence-corrected chi connectivity index (χ1v) is 14.5. The zero-order chi connectivity index (χ0) is 23.5. The van der Waals surface area contributed by atoms with E-state index in [0.29, 0.717) is 18.9 Å². The second kappa shape index (κ2) is 26.5. The third-order valence-electron chi connectivity index (χ3n) is 6.67. The summed E-state index contributed by atoms with van der Waals surface area (Å²) in [5.74, 6) is 0.572. The smallest absolute Gasteiger partial charge is 0.305 e. The highest BCUT2D eigenvalue weighted by atomic mass is 16.5. The van der Waals surface area contributed by atoms with Crippen LogP contribution in [0.25, 0.3) is 0 Å². The van der Waals surface area contributed by atoms with E-state index < -0.39 is 0 Å². The van der Waals surface area contributed by atoms with Crippen LogP contribution in [-0.4, -0.2) is 12.6 Å². The number of rotatable bonds is 25. The van der Waals surface area contributed by atoms with Crippen molar-refractivity contribution in [2.75, 3.05) is 6.61 Å². The summed E-state index contributed by atoms with van der Waals surface area (Å²) in [5, 5.41) is 0. The van der Waals surface area contributed by atoms with E-state index in [1.54, 1.807) is 0 Å². The summed E-state index contributed by atoms with van der Waals surface area (Å²) in [6.45, 7) is 7.39. The van der Waals surface area contributed by atoms with Crippen LogP contribution in [0.15, 0.2) is 12.2 Å². The van der Waals surface area contributed by atoms with E-state index >= 15 is 0 Å². The molecule has 0 amide bonds. The van der Waals surface area contributed by atoms with E-state index in [1.807, 2.05) is 0 Å². The standard InChI is InChI=1S/C30H58O2/c1-4-7-9-11-13-14-15-16-17-18-19-20-21-23-25-27-30(31)32-28-29(6-3)26-24-22-12-10-8-5-2/h16-17,29H,4-15,18-28H2,1-3H3. The van der Waals surface area contributed by atoms with Crippen molar-refractivity contribution in [2.24, 2.45) is 5.92 Å². The number of allylic oxidation sites excluding steroid dienone is 2. The second-order valence-corrected chi connectivity index (χ2v) is 9.85. The van der Waals surface area contributed by atoms with Gasteiger partial charge in [0.15, 0.2) is 0 Å². The third-order valence-corrected chi connectivity index (χ3v) is 6.67. The van der Waals surface area contributed by atoms with E-state index in [4.69, 9.17) is 4.74 Å².